The molecule has 1 fully saturated rings. The smallest absolute Gasteiger partial charge is 0.310 e. The number of rotatable bonds is 6. The summed E-state index contributed by atoms with van der Waals surface area (Å²) in [5.41, 5.74) is 0. The molecule has 0 aromatic heterocycles. The number of nitrogens with one attached hydrogen (secondary N) is 1. The van der Waals surface area contributed by atoms with Crippen molar-refractivity contribution in [3.63, 3.8) is 0 Å². The van der Waals surface area contributed by atoms with E-state index in [4.69, 9.17) is 4.74 Å². The van der Waals surface area contributed by atoms with Gasteiger partial charge in [-0.3, -0.25) is 4.79 Å². The molecule has 1 saturated carbocycles. The molecule has 0 heterocycles. The van der Waals surface area contributed by atoms with Crippen LogP contribution in [0.25, 0.3) is 0 Å². The molecule has 1 N–H and O–H groups in total. The topological polar surface area (TPSA) is 41.6 Å². The zero-order valence-electron chi connectivity index (χ0n) is 10.7. The summed E-state index contributed by atoms with van der Waals surface area (Å²) >= 11 is 0. The molecule has 0 aromatic carbocycles. The summed E-state index contributed by atoms with van der Waals surface area (Å²) in [5, 5.41) is 3.46. The van der Waals surface area contributed by atoms with Gasteiger partial charge >= 0.3 is 5.97 Å². The van der Waals surface area contributed by atoms with Gasteiger partial charge in [0.25, 0.3) is 0 Å². The molecule has 0 aliphatic heterocycles. The Bertz CT molecular complexity index is 219. The number of carbonyl (C=O) groups is 1. The minimum absolute atomic E-state index is 0.0256. The number of hydrogen-bond acceptors (Lipinski definition) is 4. The van der Waals surface area contributed by atoms with Crippen LogP contribution in [-0.2, 0) is 9.53 Å². The highest BCUT2D eigenvalue weighted by Gasteiger charge is 2.33. The summed E-state index contributed by atoms with van der Waals surface area (Å²) in [7, 11) is 4.11. The first-order valence-electron chi connectivity index (χ1n) is 6.20. The van der Waals surface area contributed by atoms with Gasteiger partial charge < -0.3 is 15.0 Å². The maximum absolute atomic E-state index is 11.7. The van der Waals surface area contributed by atoms with Crippen molar-refractivity contribution in [3.8, 4) is 0 Å². The first kappa shape index (κ1) is 13.5. The molecule has 0 spiro atoms. The summed E-state index contributed by atoms with van der Waals surface area (Å²) in [6.45, 7) is 4.29. The lowest BCUT2D eigenvalue weighted by Crippen LogP contribution is -2.40. The van der Waals surface area contributed by atoms with Gasteiger partial charge in [0.2, 0.25) is 0 Å². The largest absolute Gasteiger partial charge is 0.466 e. The summed E-state index contributed by atoms with van der Waals surface area (Å²) < 4.78 is 5.09. The van der Waals surface area contributed by atoms with Crippen molar-refractivity contribution >= 4 is 5.97 Å². The normalized spacial score (nSPS) is 25.0. The van der Waals surface area contributed by atoms with E-state index in [0.717, 1.165) is 32.4 Å². The average molecular weight is 228 g/mol. The standard InChI is InChI=1S/C12H24N2O2/c1-4-16-12(15)10-6-5-7-11(10)13-8-9-14(2)3/h10-11,13H,4-9H2,1-3H3. The number of ether oxygens (including phenoxy) is 1. The highest BCUT2D eigenvalue weighted by molar-refractivity contribution is 5.73. The van der Waals surface area contributed by atoms with Gasteiger partial charge in [0.15, 0.2) is 0 Å². The molecule has 0 saturated heterocycles. The Morgan fingerprint density at radius 2 is 2.19 bits per heavy atom. The second-order valence-electron chi connectivity index (χ2n) is 4.65. The fraction of sp³-hybridized carbons (Fsp3) is 0.917. The van der Waals surface area contributed by atoms with Crippen molar-refractivity contribution in [3.05, 3.63) is 0 Å². The van der Waals surface area contributed by atoms with Crippen molar-refractivity contribution in [2.45, 2.75) is 32.2 Å². The zero-order valence-corrected chi connectivity index (χ0v) is 10.7. The summed E-state index contributed by atoms with van der Waals surface area (Å²) in [4.78, 5) is 13.8. The first-order chi connectivity index (χ1) is 7.65. The van der Waals surface area contributed by atoms with Gasteiger partial charge in [-0.05, 0) is 33.9 Å². The van der Waals surface area contributed by atoms with Gasteiger partial charge in [-0.2, -0.15) is 0 Å². The van der Waals surface area contributed by atoms with Crippen LogP contribution >= 0.6 is 0 Å². The molecule has 0 amide bonds. The van der Waals surface area contributed by atoms with Crippen molar-refractivity contribution < 1.29 is 9.53 Å². The molecule has 2 unspecified atom stereocenters. The second kappa shape index (κ2) is 6.86. The Morgan fingerprint density at radius 3 is 2.81 bits per heavy atom. The van der Waals surface area contributed by atoms with Crippen LogP contribution in [0.4, 0.5) is 0 Å². The van der Waals surface area contributed by atoms with Crippen LogP contribution in [0.3, 0.4) is 0 Å². The molecule has 2 atom stereocenters. The Hall–Kier alpha value is -0.610. The van der Waals surface area contributed by atoms with Crippen LogP contribution in [-0.4, -0.2) is 50.7 Å². The van der Waals surface area contributed by atoms with Gasteiger partial charge in [0.05, 0.1) is 12.5 Å². The maximum Gasteiger partial charge on any atom is 0.310 e. The Balaban J connectivity index is 2.31. The van der Waals surface area contributed by atoms with Crippen LogP contribution in [0.1, 0.15) is 26.2 Å². The van der Waals surface area contributed by atoms with Crippen molar-refractivity contribution in [1.82, 2.24) is 10.2 Å². The molecule has 1 rings (SSSR count). The number of esters is 1. The fourth-order valence-corrected chi connectivity index (χ4v) is 2.21. The predicted molar refractivity (Wildman–Crippen MR) is 64.3 cm³/mol. The highest BCUT2D eigenvalue weighted by atomic mass is 16.5. The lowest BCUT2D eigenvalue weighted by Gasteiger charge is -2.20. The summed E-state index contributed by atoms with van der Waals surface area (Å²) in [6, 6.07) is 0.319. The van der Waals surface area contributed by atoms with Crippen molar-refractivity contribution in [2.24, 2.45) is 5.92 Å². The number of nitrogens with zero attached hydrogens (tertiary/aromatic N) is 1. The Labute approximate surface area is 98.3 Å². The van der Waals surface area contributed by atoms with Crippen LogP contribution in [0.2, 0.25) is 0 Å². The first-order valence-corrected chi connectivity index (χ1v) is 6.20. The molecule has 4 nitrogen and oxygen atoms in total. The van der Waals surface area contributed by atoms with E-state index in [-0.39, 0.29) is 11.9 Å². The molecule has 0 aromatic rings. The van der Waals surface area contributed by atoms with Crippen molar-refractivity contribution in [2.75, 3.05) is 33.8 Å². The molecular weight excluding hydrogens is 204 g/mol. The Morgan fingerprint density at radius 1 is 1.44 bits per heavy atom. The monoisotopic (exact) mass is 228 g/mol. The van der Waals surface area contributed by atoms with E-state index in [1.165, 1.54) is 0 Å². The van der Waals surface area contributed by atoms with Crippen LogP contribution in [0.15, 0.2) is 0 Å². The van der Waals surface area contributed by atoms with Gasteiger partial charge in [0, 0.05) is 19.1 Å². The van der Waals surface area contributed by atoms with Gasteiger partial charge in [0.1, 0.15) is 0 Å². The van der Waals surface area contributed by atoms with E-state index in [9.17, 15) is 4.79 Å². The third kappa shape index (κ3) is 4.10. The van der Waals surface area contributed by atoms with E-state index in [1.807, 2.05) is 6.92 Å². The quantitative estimate of drug-likeness (QED) is 0.685. The summed E-state index contributed by atoms with van der Waals surface area (Å²) in [6.07, 6.45) is 3.19. The maximum atomic E-state index is 11.7. The van der Waals surface area contributed by atoms with Crippen molar-refractivity contribution in [1.29, 1.82) is 0 Å². The minimum atomic E-state index is -0.0256. The lowest BCUT2D eigenvalue weighted by molar-refractivity contribution is -0.148. The SMILES string of the molecule is CCOC(=O)C1CCCC1NCCN(C)C. The van der Waals surface area contributed by atoms with Crippen LogP contribution < -0.4 is 5.32 Å². The molecule has 1 aliphatic rings. The number of hydrogen-bond donors (Lipinski definition) is 1. The molecule has 4 heteroatoms. The van der Waals surface area contributed by atoms with Crippen LogP contribution in [0.5, 0.6) is 0 Å². The third-order valence-electron chi connectivity index (χ3n) is 3.07. The molecule has 1 aliphatic carbocycles. The predicted octanol–water partition coefficient (Wildman–Crippen LogP) is 0.869. The van der Waals surface area contributed by atoms with E-state index >= 15 is 0 Å². The number of likely N-dealkylation sites (N-methyl/N-ethyl adjacent to an activating group) is 1. The van der Waals surface area contributed by atoms with E-state index in [1.54, 1.807) is 0 Å². The van der Waals surface area contributed by atoms with E-state index < -0.39 is 0 Å². The molecule has 0 bridgehead atoms. The summed E-state index contributed by atoms with van der Waals surface area (Å²) in [5.74, 6) is 0.0458. The second-order valence-corrected chi connectivity index (χ2v) is 4.65. The lowest BCUT2D eigenvalue weighted by atomic mass is 10.0. The van der Waals surface area contributed by atoms with Gasteiger partial charge in [-0.1, -0.05) is 6.42 Å². The average Bonchev–Trinajstić information content (AvgIpc) is 2.66. The zero-order chi connectivity index (χ0) is 12.0. The minimum Gasteiger partial charge on any atom is -0.466 e. The fourth-order valence-electron chi connectivity index (χ4n) is 2.21. The third-order valence-corrected chi connectivity index (χ3v) is 3.07. The molecular formula is C12H24N2O2. The molecule has 94 valence electrons. The highest BCUT2D eigenvalue weighted by Crippen LogP contribution is 2.26. The van der Waals surface area contributed by atoms with E-state index in [0.29, 0.717) is 12.6 Å². The molecule has 0 radical (unpaired) electrons. The van der Waals surface area contributed by atoms with Gasteiger partial charge in [-0.25, -0.2) is 0 Å². The van der Waals surface area contributed by atoms with E-state index in [2.05, 4.69) is 24.3 Å². The molecule has 16 heavy (non-hydrogen) atoms. The van der Waals surface area contributed by atoms with Crippen LogP contribution in [0, 0.1) is 5.92 Å². The number of carbonyl (C=O) groups excluding carboxylic acids is 1. The Kier molecular flexibility index (Phi) is 5.77. The van der Waals surface area contributed by atoms with Gasteiger partial charge in [-0.15, -0.1) is 0 Å².